The Morgan fingerprint density at radius 3 is 2.60 bits per heavy atom. The first-order chi connectivity index (χ1) is 14.3. The predicted molar refractivity (Wildman–Crippen MR) is 117 cm³/mol. The summed E-state index contributed by atoms with van der Waals surface area (Å²) in [5.41, 5.74) is 3.93. The Hall–Kier alpha value is -3.23. The molecule has 0 aliphatic heterocycles. The van der Waals surface area contributed by atoms with E-state index in [9.17, 15) is 13.2 Å². The van der Waals surface area contributed by atoms with Gasteiger partial charge in [-0.1, -0.05) is 42.5 Å². The zero-order chi connectivity index (χ0) is 21.7. The van der Waals surface area contributed by atoms with Crippen molar-refractivity contribution in [3.63, 3.8) is 0 Å². The third-order valence-corrected chi connectivity index (χ3v) is 6.46. The van der Waals surface area contributed by atoms with Crippen LogP contribution in [0.2, 0.25) is 0 Å². The molecular formula is C22H23N3O4S. The molecule has 30 heavy (non-hydrogen) atoms. The molecule has 0 aliphatic rings. The Morgan fingerprint density at radius 1 is 1.13 bits per heavy atom. The van der Waals surface area contributed by atoms with Gasteiger partial charge < -0.3 is 4.74 Å². The van der Waals surface area contributed by atoms with Gasteiger partial charge in [-0.2, -0.15) is 9.41 Å². The minimum atomic E-state index is -3.82. The first-order valence-corrected chi connectivity index (χ1v) is 10.7. The van der Waals surface area contributed by atoms with E-state index in [1.54, 1.807) is 19.2 Å². The van der Waals surface area contributed by atoms with Crippen LogP contribution in [-0.2, 0) is 14.8 Å². The molecule has 3 aromatic carbocycles. The standard InChI is InChI=1S/C22H23N3O4S/c1-16-13-19(11-12-21(16)29-3)30(27,28)25(2)15-22(26)24-23-14-18-9-6-8-17-7-4-5-10-20(17)18/h4-14H,15H2,1-3H3,(H,24,26). The molecular weight excluding hydrogens is 402 g/mol. The highest BCUT2D eigenvalue weighted by molar-refractivity contribution is 7.89. The van der Waals surface area contributed by atoms with Gasteiger partial charge in [-0.15, -0.1) is 0 Å². The summed E-state index contributed by atoms with van der Waals surface area (Å²) < 4.78 is 31.6. The van der Waals surface area contributed by atoms with Crippen molar-refractivity contribution in [2.75, 3.05) is 20.7 Å². The number of hydrogen-bond acceptors (Lipinski definition) is 5. The van der Waals surface area contributed by atoms with Crippen molar-refractivity contribution in [2.45, 2.75) is 11.8 Å². The number of methoxy groups -OCH3 is 1. The number of rotatable bonds is 7. The van der Waals surface area contributed by atoms with Crippen LogP contribution in [0.15, 0.2) is 70.7 Å². The van der Waals surface area contributed by atoms with Crippen LogP contribution >= 0.6 is 0 Å². The molecule has 0 spiro atoms. The second kappa shape index (κ2) is 9.06. The molecule has 3 rings (SSSR count). The second-order valence-electron chi connectivity index (χ2n) is 6.75. The maximum absolute atomic E-state index is 12.7. The van der Waals surface area contributed by atoms with Crippen LogP contribution in [-0.4, -0.2) is 45.5 Å². The maximum atomic E-state index is 12.7. The first kappa shape index (κ1) is 21.5. The number of likely N-dealkylation sites (N-methyl/N-ethyl adjacent to an activating group) is 1. The van der Waals surface area contributed by atoms with Gasteiger partial charge in [-0.3, -0.25) is 4.79 Å². The molecule has 0 bridgehead atoms. The summed E-state index contributed by atoms with van der Waals surface area (Å²) in [6.07, 6.45) is 1.54. The van der Waals surface area contributed by atoms with E-state index in [1.165, 1.54) is 26.3 Å². The van der Waals surface area contributed by atoms with Gasteiger partial charge in [0.1, 0.15) is 5.75 Å². The summed E-state index contributed by atoms with van der Waals surface area (Å²) in [7, 11) is -0.953. The quantitative estimate of drug-likeness (QED) is 0.466. The fraction of sp³-hybridized carbons (Fsp3) is 0.182. The molecule has 3 aromatic rings. The van der Waals surface area contributed by atoms with E-state index < -0.39 is 15.9 Å². The predicted octanol–water partition coefficient (Wildman–Crippen LogP) is 2.93. The number of amides is 1. The molecule has 0 atom stereocenters. The van der Waals surface area contributed by atoms with Gasteiger partial charge in [0, 0.05) is 12.6 Å². The van der Waals surface area contributed by atoms with E-state index in [4.69, 9.17) is 4.74 Å². The highest BCUT2D eigenvalue weighted by atomic mass is 32.2. The van der Waals surface area contributed by atoms with Crippen molar-refractivity contribution in [3.05, 3.63) is 71.8 Å². The lowest BCUT2D eigenvalue weighted by Crippen LogP contribution is -2.36. The summed E-state index contributed by atoms with van der Waals surface area (Å²) in [4.78, 5) is 12.3. The van der Waals surface area contributed by atoms with Crippen LogP contribution in [0.5, 0.6) is 5.75 Å². The third-order valence-electron chi connectivity index (χ3n) is 4.66. The highest BCUT2D eigenvalue weighted by Crippen LogP contribution is 2.23. The Bertz CT molecular complexity index is 1200. The summed E-state index contributed by atoms with van der Waals surface area (Å²) in [5, 5.41) is 6.04. The van der Waals surface area contributed by atoms with E-state index in [0.29, 0.717) is 11.3 Å². The van der Waals surface area contributed by atoms with Crippen molar-refractivity contribution in [3.8, 4) is 5.75 Å². The van der Waals surface area contributed by atoms with Gasteiger partial charge in [-0.05, 0) is 41.5 Å². The average molecular weight is 426 g/mol. The Balaban J connectivity index is 1.66. The Kier molecular flexibility index (Phi) is 6.49. The lowest BCUT2D eigenvalue weighted by Gasteiger charge is -2.17. The minimum Gasteiger partial charge on any atom is -0.496 e. The van der Waals surface area contributed by atoms with Crippen molar-refractivity contribution in [2.24, 2.45) is 5.10 Å². The van der Waals surface area contributed by atoms with Gasteiger partial charge in [0.05, 0.1) is 24.8 Å². The second-order valence-corrected chi connectivity index (χ2v) is 8.80. The summed E-state index contributed by atoms with van der Waals surface area (Å²) >= 11 is 0. The molecule has 1 amide bonds. The van der Waals surface area contributed by atoms with Gasteiger partial charge in [0.25, 0.3) is 5.91 Å². The number of sulfonamides is 1. The van der Waals surface area contributed by atoms with Gasteiger partial charge in [0.15, 0.2) is 0 Å². The number of nitrogens with zero attached hydrogens (tertiary/aromatic N) is 2. The first-order valence-electron chi connectivity index (χ1n) is 9.23. The van der Waals surface area contributed by atoms with Crippen molar-refractivity contribution >= 4 is 32.9 Å². The molecule has 0 saturated carbocycles. The van der Waals surface area contributed by atoms with Crippen LogP contribution < -0.4 is 10.2 Å². The number of carbonyl (C=O) groups excluding carboxylic acids is 1. The summed E-state index contributed by atoms with van der Waals surface area (Å²) in [5.74, 6) is 0.0555. The van der Waals surface area contributed by atoms with Crippen LogP contribution in [0.1, 0.15) is 11.1 Å². The van der Waals surface area contributed by atoms with Crippen LogP contribution in [0.4, 0.5) is 0 Å². The van der Waals surface area contributed by atoms with Gasteiger partial charge in [-0.25, -0.2) is 13.8 Å². The number of hydrazone groups is 1. The molecule has 8 heteroatoms. The molecule has 0 unspecified atom stereocenters. The van der Waals surface area contributed by atoms with Crippen molar-refractivity contribution in [1.82, 2.24) is 9.73 Å². The number of carbonyl (C=O) groups is 1. The molecule has 0 radical (unpaired) electrons. The number of hydrogen-bond donors (Lipinski definition) is 1. The lowest BCUT2D eigenvalue weighted by molar-refractivity contribution is -0.121. The zero-order valence-corrected chi connectivity index (χ0v) is 17.8. The van der Waals surface area contributed by atoms with E-state index in [0.717, 1.165) is 20.6 Å². The van der Waals surface area contributed by atoms with Crippen molar-refractivity contribution < 1.29 is 17.9 Å². The number of fused-ring (bicyclic) bond motifs is 1. The molecule has 7 nitrogen and oxygen atoms in total. The monoisotopic (exact) mass is 425 g/mol. The smallest absolute Gasteiger partial charge is 0.255 e. The van der Waals surface area contributed by atoms with E-state index in [-0.39, 0.29) is 11.4 Å². The molecule has 0 heterocycles. The maximum Gasteiger partial charge on any atom is 0.255 e. The molecule has 0 saturated heterocycles. The van der Waals surface area contributed by atoms with Crippen LogP contribution in [0.3, 0.4) is 0 Å². The van der Waals surface area contributed by atoms with E-state index in [2.05, 4.69) is 10.5 Å². The Morgan fingerprint density at radius 2 is 1.87 bits per heavy atom. The minimum absolute atomic E-state index is 0.0929. The Labute approximate surface area is 176 Å². The topological polar surface area (TPSA) is 88.1 Å². The fourth-order valence-electron chi connectivity index (χ4n) is 3.05. The molecule has 0 fully saturated rings. The number of aryl methyl sites for hydroxylation is 1. The average Bonchev–Trinajstić information content (AvgIpc) is 2.73. The molecule has 1 N–H and O–H groups in total. The lowest BCUT2D eigenvalue weighted by atomic mass is 10.1. The highest BCUT2D eigenvalue weighted by Gasteiger charge is 2.23. The van der Waals surface area contributed by atoms with Crippen molar-refractivity contribution in [1.29, 1.82) is 0 Å². The van der Waals surface area contributed by atoms with E-state index >= 15 is 0 Å². The third kappa shape index (κ3) is 4.67. The number of ether oxygens (including phenoxy) is 1. The largest absolute Gasteiger partial charge is 0.496 e. The van der Waals surface area contributed by atoms with Crippen LogP contribution in [0, 0.1) is 6.92 Å². The number of benzene rings is 3. The fourth-order valence-corrected chi connectivity index (χ4v) is 4.26. The summed E-state index contributed by atoms with van der Waals surface area (Å²) in [6.45, 7) is 1.40. The zero-order valence-electron chi connectivity index (χ0n) is 17.0. The summed E-state index contributed by atoms with van der Waals surface area (Å²) in [6, 6.07) is 18.2. The normalized spacial score (nSPS) is 11.9. The number of nitrogens with one attached hydrogen (secondary N) is 1. The molecule has 0 aliphatic carbocycles. The van der Waals surface area contributed by atoms with Gasteiger partial charge >= 0.3 is 0 Å². The molecule has 156 valence electrons. The molecule has 0 aromatic heterocycles. The van der Waals surface area contributed by atoms with Gasteiger partial charge in [0.2, 0.25) is 10.0 Å². The SMILES string of the molecule is COc1ccc(S(=O)(=O)N(C)CC(=O)NN=Cc2cccc3ccccc23)cc1C. The van der Waals surface area contributed by atoms with Crippen LogP contribution in [0.25, 0.3) is 10.8 Å². The van der Waals surface area contributed by atoms with E-state index in [1.807, 2.05) is 42.5 Å².